The van der Waals surface area contributed by atoms with Gasteiger partial charge in [0, 0.05) is 51.1 Å². The van der Waals surface area contributed by atoms with Crippen LogP contribution in [-0.2, 0) is 23.8 Å². The molecule has 59 heavy (non-hydrogen) atoms. The Morgan fingerprint density at radius 1 is 0.881 bits per heavy atom. The van der Waals surface area contributed by atoms with Crippen LogP contribution < -0.4 is 20.7 Å². The number of non-ortho nitro benzene ring substituents is 1. The molecule has 0 bridgehead atoms. The lowest BCUT2D eigenvalue weighted by atomic mass is 9.76. The number of anilines is 1. The summed E-state index contributed by atoms with van der Waals surface area (Å²) >= 11 is 0. The van der Waals surface area contributed by atoms with Crippen LogP contribution in [0.4, 0.5) is 16.2 Å². The number of amides is 4. The predicted molar refractivity (Wildman–Crippen MR) is 214 cm³/mol. The Kier molecular flexibility index (Phi) is 14.2. The van der Waals surface area contributed by atoms with Crippen molar-refractivity contribution in [1.29, 1.82) is 0 Å². The minimum atomic E-state index is -0.539. The van der Waals surface area contributed by atoms with Crippen molar-refractivity contribution in [2.24, 2.45) is 5.92 Å². The van der Waals surface area contributed by atoms with Gasteiger partial charge in [0.1, 0.15) is 19.0 Å². The average molecular weight is 815 g/mol. The third-order valence-corrected chi connectivity index (χ3v) is 10.9. The Morgan fingerprint density at radius 3 is 2.46 bits per heavy atom. The van der Waals surface area contributed by atoms with Crippen LogP contribution in [0.1, 0.15) is 42.7 Å². The molecular weight excluding hydrogens is 764 g/mol. The SMILES string of the molecule is O=C(CCOCCOCCNc1ccc([N+](=O)[O-])c2nonc12)NCCOc1cccc([C@@H](c2ccccc2)C2CCN(C(=O)N3CC[C@@H]4OCC(=O)N[C@@H]4C3)CC2)c1. The third kappa shape index (κ3) is 10.8. The van der Waals surface area contributed by atoms with Crippen LogP contribution in [0.5, 0.6) is 5.75 Å². The Morgan fingerprint density at radius 2 is 1.64 bits per heavy atom. The van der Waals surface area contributed by atoms with E-state index in [1.54, 1.807) is 6.07 Å². The summed E-state index contributed by atoms with van der Waals surface area (Å²) in [5.74, 6) is 0.891. The largest absolute Gasteiger partial charge is 0.492 e. The number of morpholine rings is 1. The van der Waals surface area contributed by atoms with Crippen LogP contribution in [0, 0.1) is 16.0 Å². The number of carbonyl (C=O) groups excluding carboxylic acids is 3. The minimum absolute atomic E-state index is 0.0249. The zero-order valence-corrected chi connectivity index (χ0v) is 32.8. The van der Waals surface area contributed by atoms with Crippen molar-refractivity contribution >= 4 is 40.3 Å². The number of urea groups is 1. The fourth-order valence-corrected chi connectivity index (χ4v) is 8.03. The molecule has 3 N–H and O–H groups in total. The second-order valence-electron chi connectivity index (χ2n) is 14.8. The van der Waals surface area contributed by atoms with Gasteiger partial charge in [-0.3, -0.25) is 19.7 Å². The standard InChI is InChI=1S/C41H50N8O10/c50-36(14-20-55-23-24-56-21-15-42-32-9-10-34(49(53)54)40-39(32)45-59-46-40)43-16-22-57-31-8-4-7-30(25-31)38(28-5-2-1-3-6-28)29-11-17-47(18-12-29)41(52)48-19-13-35-33(26-48)44-37(51)27-58-35/h1-10,25,29,33,35,38,42H,11-24,26-27H2,(H,43,50)(H,44,51)/t33-,35+,38+/m1/s1. The van der Waals surface area contributed by atoms with Crippen LogP contribution in [0.3, 0.4) is 0 Å². The Balaban J connectivity index is 0.790. The molecule has 0 unspecified atom stereocenters. The maximum atomic E-state index is 13.6. The summed E-state index contributed by atoms with van der Waals surface area (Å²) < 4.78 is 27.5. The van der Waals surface area contributed by atoms with Crippen molar-refractivity contribution in [2.45, 2.75) is 43.7 Å². The first-order valence-corrected chi connectivity index (χ1v) is 20.1. The van der Waals surface area contributed by atoms with Crippen LogP contribution in [0.15, 0.2) is 71.4 Å². The Bertz CT molecular complexity index is 2040. The molecule has 3 fully saturated rings. The number of nitro benzene ring substituents is 1. The quantitative estimate of drug-likeness (QED) is 0.0744. The topological polar surface area (TPSA) is 213 Å². The molecule has 4 aromatic rings. The number of hydrogen-bond acceptors (Lipinski definition) is 13. The summed E-state index contributed by atoms with van der Waals surface area (Å²) in [6, 6.07) is 21.3. The number of rotatable bonds is 18. The van der Waals surface area contributed by atoms with Crippen molar-refractivity contribution in [3.63, 3.8) is 0 Å². The van der Waals surface area contributed by atoms with E-state index in [0.717, 1.165) is 24.2 Å². The molecule has 3 saturated heterocycles. The summed E-state index contributed by atoms with van der Waals surface area (Å²) in [6.45, 7) is 4.82. The highest BCUT2D eigenvalue weighted by molar-refractivity contribution is 5.93. The van der Waals surface area contributed by atoms with Gasteiger partial charge in [0.2, 0.25) is 17.3 Å². The molecule has 3 atom stereocenters. The molecule has 0 aliphatic carbocycles. The van der Waals surface area contributed by atoms with Gasteiger partial charge in [-0.05, 0) is 64.8 Å². The molecule has 4 amide bonds. The number of fused-ring (bicyclic) bond motifs is 2. The maximum absolute atomic E-state index is 13.6. The van der Waals surface area contributed by atoms with E-state index in [-0.39, 0.29) is 72.3 Å². The molecular formula is C41H50N8O10. The van der Waals surface area contributed by atoms with Crippen molar-refractivity contribution in [2.75, 3.05) is 84.2 Å². The molecule has 0 spiro atoms. The van der Waals surface area contributed by atoms with E-state index in [1.165, 1.54) is 11.6 Å². The lowest BCUT2D eigenvalue weighted by molar-refractivity contribution is -0.383. The number of benzene rings is 3. The monoisotopic (exact) mass is 814 g/mol. The van der Waals surface area contributed by atoms with Gasteiger partial charge in [-0.2, -0.15) is 0 Å². The number of ether oxygens (including phenoxy) is 4. The van der Waals surface area contributed by atoms with Gasteiger partial charge >= 0.3 is 11.7 Å². The average Bonchev–Trinajstić information content (AvgIpc) is 3.75. The number of nitro groups is 1. The summed E-state index contributed by atoms with van der Waals surface area (Å²) in [5, 5.41) is 27.5. The van der Waals surface area contributed by atoms with E-state index in [4.69, 9.17) is 18.9 Å². The summed E-state index contributed by atoms with van der Waals surface area (Å²) in [7, 11) is 0. The highest BCUT2D eigenvalue weighted by atomic mass is 16.6. The number of nitrogens with zero attached hydrogens (tertiary/aromatic N) is 5. The number of carbonyl (C=O) groups is 3. The molecule has 4 heterocycles. The van der Waals surface area contributed by atoms with Crippen molar-refractivity contribution in [1.82, 2.24) is 30.7 Å². The van der Waals surface area contributed by atoms with Gasteiger partial charge in [0.25, 0.3) is 0 Å². The molecule has 0 saturated carbocycles. The second kappa shape index (κ2) is 20.2. The lowest BCUT2D eigenvalue weighted by Crippen LogP contribution is -2.62. The van der Waals surface area contributed by atoms with Crippen molar-refractivity contribution < 1.29 is 42.9 Å². The molecule has 7 rings (SSSR count). The summed E-state index contributed by atoms with van der Waals surface area (Å²) in [4.78, 5) is 52.3. The number of piperidine rings is 2. The van der Waals surface area contributed by atoms with Gasteiger partial charge in [0.15, 0.2) is 5.52 Å². The zero-order chi connectivity index (χ0) is 41.0. The number of nitrogens with one attached hydrogen (secondary N) is 3. The van der Waals surface area contributed by atoms with Gasteiger partial charge in [0.05, 0.1) is 55.7 Å². The fourth-order valence-electron chi connectivity index (χ4n) is 8.03. The maximum Gasteiger partial charge on any atom is 0.320 e. The summed E-state index contributed by atoms with van der Waals surface area (Å²) in [6.07, 6.45) is 2.59. The van der Waals surface area contributed by atoms with Crippen molar-refractivity contribution in [3.05, 3.63) is 88.0 Å². The van der Waals surface area contributed by atoms with E-state index >= 15 is 0 Å². The Labute approximate surface area is 341 Å². The zero-order valence-electron chi connectivity index (χ0n) is 32.8. The molecule has 3 aliphatic rings. The van der Waals surface area contributed by atoms with E-state index < -0.39 is 4.92 Å². The molecule has 18 heteroatoms. The van der Waals surface area contributed by atoms with Gasteiger partial charge in [-0.1, -0.05) is 42.5 Å². The van der Waals surface area contributed by atoms with E-state index in [0.29, 0.717) is 83.7 Å². The first-order chi connectivity index (χ1) is 28.8. The Hall–Kier alpha value is -5.85. The highest BCUT2D eigenvalue weighted by Gasteiger charge is 2.39. The summed E-state index contributed by atoms with van der Waals surface area (Å²) in [5.41, 5.74) is 3.08. The molecule has 18 nitrogen and oxygen atoms in total. The second-order valence-corrected chi connectivity index (χ2v) is 14.8. The van der Waals surface area contributed by atoms with Crippen LogP contribution in [0.2, 0.25) is 0 Å². The molecule has 3 aromatic carbocycles. The number of hydrogen-bond donors (Lipinski definition) is 3. The number of aromatic nitrogens is 2. The van der Waals surface area contributed by atoms with E-state index in [2.05, 4.69) is 67.3 Å². The number of likely N-dealkylation sites (tertiary alicyclic amines) is 2. The third-order valence-electron chi connectivity index (χ3n) is 10.9. The van der Waals surface area contributed by atoms with E-state index in [1.807, 2.05) is 28.0 Å². The fraction of sp³-hybridized carbons (Fsp3) is 0.488. The predicted octanol–water partition coefficient (Wildman–Crippen LogP) is 3.71. The molecule has 1 aromatic heterocycles. The minimum Gasteiger partial charge on any atom is -0.492 e. The highest BCUT2D eigenvalue weighted by Crippen LogP contribution is 2.39. The molecule has 0 radical (unpaired) electrons. The first-order valence-electron chi connectivity index (χ1n) is 20.1. The van der Waals surface area contributed by atoms with Crippen LogP contribution in [0.25, 0.3) is 11.0 Å². The normalized spacial score (nSPS) is 18.8. The van der Waals surface area contributed by atoms with Crippen molar-refractivity contribution in [3.8, 4) is 5.75 Å². The molecule has 314 valence electrons. The van der Waals surface area contributed by atoms with Gasteiger partial charge in [-0.15, -0.1) is 0 Å². The molecule has 3 aliphatic heterocycles. The smallest absolute Gasteiger partial charge is 0.320 e. The van der Waals surface area contributed by atoms with Gasteiger partial charge in [-0.25, -0.2) is 9.42 Å². The van der Waals surface area contributed by atoms with Crippen LogP contribution in [-0.4, -0.2) is 134 Å². The van der Waals surface area contributed by atoms with Gasteiger partial charge < -0.3 is 44.7 Å². The van der Waals surface area contributed by atoms with E-state index in [9.17, 15) is 24.5 Å². The first kappa shape index (κ1) is 41.3. The van der Waals surface area contributed by atoms with Crippen LogP contribution >= 0.6 is 0 Å². The lowest BCUT2D eigenvalue weighted by Gasteiger charge is -2.44.